The van der Waals surface area contributed by atoms with Crippen molar-refractivity contribution in [1.82, 2.24) is 9.80 Å². The van der Waals surface area contributed by atoms with E-state index in [9.17, 15) is 0 Å². The second-order valence-corrected chi connectivity index (χ2v) is 8.09. The van der Waals surface area contributed by atoms with Crippen LogP contribution in [0.4, 0.5) is 0 Å². The molecule has 0 spiro atoms. The second-order valence-electron chi connectivity index (χ2n) is 8.09. The maximum atomic E-state index is 8.94. The maximum absolute atomic E-state index is 8.94. The molecule has 1 N–H and O–H groups in total. The van der Waals surface area contributed by atoms with Gasteiger partial charge < -0.3 is 14.9 Å². The number of nitrogens with zero attached hydrogens (tertiary/aromatic N) is 2. The lowest BCUT2D eigenvalue weighted by molar-refractivity contribution is 0.204. The van der Waals surface area contributed by atoms with Crippen LogP contribution in [0.1, 0.15) is 110 Å². The number of halogens is 1. The third-order valence-electron chi connectivity index (χ3n) is 5.54. The van der Waals surface area contributed by atoms with Crippen LogP contribution in [0.25, 0.3) is 0 Å². The molecule has 1 heterocycles. The Morgan fingerprint density at radius 1 is 0.593 bits per heavy atom. The van der Waals surface area contributed by atoms with Gasteiger partial charge in [0, 0.05) is 25.5 Å². The summed E-state index contributed by atoms with van der Waals surface area (Å²) in [6.07, 6.45) is 27.1. The van der Waals surface area contributed by atoms with Crippen LogP contribution in [-0.2, 0) is 0 Å². The zero-order valence-corrected chi connectivity index (χ0v) is 19.8. The molecule has 27 heavy (non-hydrogen) atoms. The summed E-state index contributed by atoms with van der Waals surface area (Å²) in [6, 6.07) is 0. The monoisotopic (exact) mass is 446 g/mol. The minimum absolute atomic E-state index is 0. The second kappa shape index (κ2) is 20.5. The Morgan fingerprint density at radius 2 is 0.963 bits per heavy atom. The summed E-state index contributed by atoms with van der Waals surface area (Å²) < 4.78 is 0. The lowest BCUT2D eigenvalue weighted by atomic mass is 10.0. The SMILES string of the molecule is Br.CCCCCCCCCCCCCCCCCCN1C=CN(CCO)C1. The molecule has 4 heteroatoms. The van der Waals surface area contributed by atoms with Crippen LogP contribution in [0.3, 0.4) is 0 Å². The van der Waals surface area contributed by atoms with Crippen molar-refractivity contribution < 1.29 is 5.11 Å². The van der Waals surface area contributed by atoms with Gasteiger partial charge in [0.25, 0.3) is 0 Å². The lowest BCUT2D eigenvalue weighted by Crippen LogP contribution is -2.27. The zero-order chi connectivity index (χ0) is 18.7. The molecule has 0 radical (unpaired) electrons. The molecule has 0 saturated heterocycles. The molecule has 0 amide bonds. The van der Waals surface area contributed by atoms with Gasteiger partial charge in [0.2, 0.25) is 0 Å². The molecule has 162 valence electrons. The number of hydrogen-bond donors (Lipinski definition) is 1. The Labute approximate surface area is 180 Å². The van der Waals surface area contributed by atoms with E-state index >= 15 is 0 Å². The molecule has 3 nitrogen and oxygen atoms in total. The number of β-amino-alcohol motifs (C(OH)–C–C–N with tert-alkyl or cyclic N) is 1. The molecule has 0 aromatic heterocycles. The van der Waals surface area contributed by atoms with Gasteiger partial charge in [0.05, 0.1) is 13.3 Å². The molecule has 1 rings (SSSR count). The smallest absolute Gasteiger partial charge is 0.0894 e. The average Bonchev–Trinajstić information content (AvgIpc) is 3.09. The standard InChI is InChI=1S/C23H46N2O.BrH/c1-2-3-4-5-6-7-8-9-10-11-12-13-14-15-16-17-18-24-19-20-25(23-24)21-22-26;/h19-20,26H,2-18,21-23H2,1H3;1H. The van der Waals surface area contributed by atoms with Crippen LogP contribution < -0.4 is 0 Å². The Bertz CT molecular complexity index is 326. The van der Waals surface area contributed by atoms with E-state index in [2.05, 4.69) is 29.1 Å². The third-order valence-corrected chi connectivity index (χ3v) is 5.54. The Hall–Kier alpha value is -0.220. The first-order valence-corrected chi connectivity index (χ1v) is 11.6. The molecule has 0 unspecified atom stereocenters. The van der Waals surface area contributed by atoms with Crippen molar-refractivity contribution in [2.75, 3.05) is 26.4 Å². The van der Waals surface area contributed by atoms with E-state index in [4.69, 9.17) is 5.11 Å². The van der Waals surface area contributed by atoms with Crippen LogP contribution in [0, 0.1) is 0 Å². The predicted octanol–water partition coefficient (Wildman–Crippen LogP) is 6.86. The van der Waals surface area contributed by atoms with Gasteiger partial charge in [-0.2, -0.15) is 0 Å². The van der Waals surface area contributed by atoms with Crippen LogP contribution in [0.15, 0.2) is 12.4 Å². The van der Waals surface area contributed by atoms with Gasteiger partial charge in [-0.15, -0.1) is 17.0 Å². The van der Waals surface area contributed by atoms with Crippen molar-refractivity contribution >= 4 is 17.0 Å². The van der Waals surface area contributed by atoms with E-state index in [0.29, 0.717) is 0 Å². The summed E-state index contributed by atoms with van der Waals surface area (Å²) in [5.74, 6) is 0. The van der Waals surface area contributed by atoms with Crippen molar-refractivity contribution in [3.05, 3.63) is 12.4 Å². The van der Waals surface area contributed by atoms with Gasteiger partial charge >= 0.3 is 0 Å². The summed E-state index contributed by atoms with van der Waals surface area (Å²) >= 11 is 0. The highest BCUT2D eigenvalue weighted by atomic mass is 79.9. The Kier molecular flexibility index (Phi) is 20.3. The van der Waals surface area contributed by atoms with Gasteiger partial charge in [0.15, 0.2) is 0 Å². The molecular formula is C23H47BrN2O. The first-order valence-electron chi connectivity index (χ1n) is 11.6. The van der Waals surface area contributed by atoms with E-state index in [1.165, 1.54) is 103 Å². The van der Waals surface area contributed by atoms with Crippen molar-refractivity contribution in [2.24, 2.45) is 0 Å². The summed E-state index contributed by atoms with van der Waals surface area (Å²) in [5, 5.41) is 8.94. The summed E-state index contributed by atoms with van der Waals surface area (Å²) in [7, 11) is 0. The van der Waals surface area contributed by atoms with Gasteiger partial charge in [-0.05, 0) is 6.42 Å². The molecule has 0 saturated carbocycles. The van der Waals surface area contributed by atoms with Crippen molar-refractivity contribution in [2.45, 2.75) is 110 Å². The van der Waals surface area contributed by atoms with E-state index in [0.717, 1.165) is 19.8 Å². The number of rotatable bonds is 19. The highest BCUT2D eigenvalue weighted by molar-refractivity contribution is 8.93. The Balaban J connectivity index is 0.00000676. The molecule has 0 atom stereocenters. The minimum atomic E-state index is 0. The fourth-order valence-corrected chi connectivity index (χ4v) is 3.80. The predicted molar refractivity (Wildman–Crippen MR) is 124 cm³/mol. The summed E-state index contributed by atoms with van der Waals surface area (Å²) in [5.41, 5.74) is 0. The molecule has 0 aromatic carbocycles. The lowest BCUT2D eigenvalue weighted by Gasteiger charge is -2.20. The molecular weight excluding hydrogens is 400 g/mol. The van der Waals surface area contributed by atoms with E-state index < -0.39 is 0 Å². The fourth-order valence-electron chi connectivity index (χ4n) is 3.80. The van der Waals surface area contributed by atoms with Crippen LogP contribution in [-0.4, -0.2) is 41.3 Å². The zero-order valence-electron chi connectivity index (χ0n) is 18.0. The summed E-state index contributed by atoms with van der Waals surface area (Å²) in [4.78, 5) is 4.53. The quantitative estimate of drug-likeness (QED) is 0.219. The highest BCUT2D eigenvalue weighted by Gasteiger charge is 2.10. The van der Waals surface area contributed by atoms with E-state index in [1.54, 1.807) is 0 Å². The molecule has 0 aliphatic carbocycles. The number of hydrogen-bond acceptors (Lipinski definition) is 3. The fraction of sp³-hybridized carbons (Fsp3) is 0.913. The Morgan fingerprint density at radius 3 is 1.37 bits per heavy atom. The first kappa shape index (κ1) is 26.8. The number of aliphatic hydroxyl groups is 1. The normalized spacial score (nSPS) is 13.4. The van der Waals surface area contributed by atoms with Crippen molar-refractivity contribution in [3.63, 3.8) is 0 Å². The third kappa shape index (κ3) is 16.4. The van der Waals surface area contributed by atoms with Crippen molar-refractivity contribution in [1.29, 1.82) is 0 Å². The summed E-state index contributed by atoms with van der Waals surface area (Å²) in [6.45, 7) is 5.42. The number of aliphatic hydroxyl groups excluding tert-OH is 1. The van der Waals surface area contributed by atoms with Crippen LogP contribution in [0.2, 0.25) is 0 Å². The van der Waals surface area contributed by atoms with Gasteiger partial charge in [0.1, 0.15) is 0 Å². The first-order chi connectivity index (χ1) is 12.9. The van der Waals surface area contributed by atoms with Gasteiger partial charge in [-0.3, -0.25) is 0 Å². The van der Waals surface area contributed by atoms with Gasteiger partial charge in [-0.25, -0.2) is 0 Å². The molecule has 0 aromatic rings. The van der Waals surface area contributed by atoms with Gasteiger partial charge in [-0.1, -0.05) is 103 Å². The van der Waals surface area contributed by atoms with Crippen LogP contribution in [0.5, 0.6) is 0 Å². The van der Waals surface area contributed by atoms with Crippen molar-refractivity contribution in [3.8, 4) is 0 Å². The molecule has 1 aliphatic heterocycles. The average molecular weight is 448 g/mol. The van der Waals surface area contributed by atoms with E-state index in [1.807, 2.05) is 0 Å². The highest BCUT2D eigenvalue weighted by Crippen LogP contribution is 2.14. The van der Waals surface area contributed by atoms with Crippen LogP contribution >= 0.6 is 17.0 Å². The number of unbranched alkanes of at least 4 members (excludes halogenated alkanes) is 15. The largest absolute Gasteiger partial charge is 0.395 e. The topological polar surface area (TPSA) is 26.7 Å². The van der Waals surface area contributed by atoms with E-state index in [-0.39, 0.29) is 23.6 Å². The molecule has 0 fully saturated rings. The minimum Gasteiger partial charge on any atom is -0.395 e. The molecule has 1 aliphatic rings. The molecule has 0 bridgehead atoms. The maximum Gasteiger partial charge on any atom is 0.0894 e.